The maximum atomic E-state index is 11.8. The summed E-state index contributed by atoms with van der Waals surface area (Å²) in [5.74, 6) is 0.171. The zero-order valence-corrected chi connectivity index (χ0v) is 12.5. The van der Waals surface area contributed by atoms with Crippen LogP contribution in [0.25, 0.3) is 0 Å². The molecule has 0 aromatic heterocycles. The van der Waals surface area contributed by atoms with E-state index in [2.05, 4.69) is 14.6 Å². The normalized spacial score (nSPS) is 18.2. The zero-order chi connectivity index (χ0) is 13.7. The Hall–Kier alpha value is -0.760. The van der Waals surface area contributed by atoms with Gasteiger partial charge in [-0.3, -0.25) is 4.79 Å². The lowest BCUT2D eigenvalue weighted by Crippen LogP contribution is -2.38. The average molecular weight is 279 g/mol. The third kappa shape index (κ3) is 4.38. The number of ketones is 1. The van der Waals surface area contributed by atoms with E-state index in [9.17, 15) is 4.79 Å². The predicted molar refractivity (Wildman–Crippen MR) is 81.1 cm³/mol. The van der Waals surface area contributed by atoms with Gasteiger partial charge in [0, 0.05) is 25.8 Å². The number of ether oxygens (including phenoxy) is 1. The molecule has 1 aliphatic heterocycles. The molecule has 0 radical (unpaired) electrons. The summed E-state index contributed by atoms with van der Waals surface area (Å²) in [5, 5.41) is 4.65. The second kappa shape index (κ2) is 7.14. The van der Waals surface area contributed by atoms with Crippen molar-refractivity contribution in [3.05, 3.63) is 29.8 Å². The summed E-state index contributed by atoms with van der Waals surface area (Å²) in [6, 6.07) is 8.63. The topological polar surface area (TPSA) is 38.3 Å². The first kappa shape index (κ1) is 14.6. The minimum atomic E-state index is -0.0477. The summed E-state index contributed by atoms with van der Waals surface area (Å²) in [5.41, 5.74) is 1.10. The average Bonchev–Trinajstić information content (AvgIpc) is 2.42. The van der Waals surface area contributed by atoms with Crippen molar-refractivity contribution >= 4 is 20.3 Å². The molecular weight excluding hydrogens is 257 g/mol. The highest BCUT2D eigenvalue weighted by Gasteiger charge is 2.19. The SMILES string of the molecule is CC(=O)C(CNC1CCOCC1)c1ccc(P)cc1. The Kier molecular flexibility index (Phi) is 5.50. The van der Waals surface area contributed by atoms with Crippen LogP contribution in [0.15, 0.2) is 24.3 Å². The molecule has 1 fully saturated rings. The quantitative estimate of drug-likeness (QED) is 0.833. The molecule has 0 aliphatic carbocycles. The molecule has 0 saturated carbocycles. The second-order valence-corrected chi connectivity index (χ2v) is 5.79. The van der Waals surface area contributed by atoms with Crippen LogP contribution in [0.5, 0.6) is 0 Å². The number of nitrogens with one attached hydrogen (secondary N) is 1. The Morgan fingerprint density at radius 1 is 1.37 bits per heavy atom. The van der Waals surface area contributed by atoms with Gasteiger partial charge in [-0.25, -0.2) is 0 Å². The lowest BCUT2D eigenvalue weighted by atomic mass is 9.94. The van der Waals surface area contributed by atoms with Crippen LogP contribution < -0.4 is 10.6 Å². The van der Waals surface area contributed by atoms with Gasteiger partial charge in [0.05, 0.1) is 5.92 Å². The zero-order valence-electron chi connectivity index (χ0n) is 11.4. The van der Waals surface area contributed by atoms with E-state index in [1.54, 1.807) is 6.92 Å². The van der Waals surface area contributed by atoms with Crippen LogP contribution in [-0.2, 0) is 9.53 Å². The number of benzene rings is 1. The minimum Gasteiger partial charge on any atom is -0.381 e. The van der Waals surface area contributed by atoms with Gasteiger partial charge < -0.3 is 10.1 Å². The summed E-state index contributed by atoms with van der Waals surface area (Å²) >= 11 is 0. The van der Waals surface area contributed by atoms with Crippen molar-refractivity contribution in [2.45, 2.75) is 31.7 Å². The Balaban J connectivity index is 1.96. The molecule has 1 aromatic rings. The largest absolute Gasteiger partial charge is 0.381 e. The molecule has 1 aliphatic rings. The Morgan fingerprint density at radius 3 is 2.58 bits per heavy atom. The van der Waals surface area contributed by atoms with E-state index in [0.717, 1.165) is 43.5 Å². The standard InChI is InChI=1S/C15H22NO2P/c1-11(17)15(12-2-4-14(19)5-3-12)10-16-13-6-8-18-9-7-13/h2-5,13,15-16H,6-10,19H2,1H3. The maximum Gasteiger partial charge on any atom is 0.138 e. The Labute approximate surface area is 117 Å². The summed E-state index contributed by atoms with van der Waals surface area (Å²) in [6.07, 6.45) is 2.07. The molecule has 2 atom stereocenters. The molecule has 1 aromatic carbocycles. The molecule has 2 rings (SSSR count). The molecular formula is C15H22NO2P. The van der Waals surface area contributed by atoms with Crippen molar-refractivity contribution in [2.24, 2.45) is 0 Å². The van der Waals surface area contributed by atoms with Crippen LogP contribution in [0.2, 0.25) is 0 Å². The van der Waals surface area contributed by atoms with E-state index in [4.69, 9.17) is 4.74 Å². The van der Waals surface area contributed by atoms with Crippen molar-refractivity contribution in [1.82, 2.24) is 5.32 Å². The van der Waals surface area contributed by atoms with Gasteiger partial charge in [0.2, 0.25) is 0 Å². The molecule has 0 amide bonds. The highest BCUT2D eigenvalue weighted by Crippen LogP contribution is 2.17. The first-order chi connectivity index (χ1) is 9.16. The van der Waals surface area contributed by atoms with Crippen molar-refractivity contribution in [3.8, 4) is 0 Å². The third-order valence-corrected chi connectivity index (χ3v) is 4.05. The second-order valence-electron chi connectivity index (χ2n) is 5.12. The number of carbonyl (C=O) groups excluding carboxylic acids is 1. The number of hydrogen-bond donors (Lipinski definition) is 1. The van der Waals surface area contributed by atoms with Crippen molar-refractivity contribution in [1.29, 1.82) is 0 Å². The summed E-state index contributed by atoms with van der Waals surface area (Å²) in [7, 11) is 2.67. The van der Waals surface area contributed by atoms with Gasteiger partial charge in [-0.2, -0.15) is 0 Å². The van der Waals surface area contributed by atoms with E-state index in [1.807, 2.05) is 24.3 Å². The Morgan fingerprint density at radius 2 is 2.00 bits per heavy atom. The van der Waals surface area contributed by atoms with E-state index in [-0.39, 0.29) is 11.7 Å². The lowest BCUT2D eigenvalue weighted by molar-refractivity contribution is -0.118. The van der Waals surface area contributed by atoms with Gasteiger partial charge in [0.15, 0.2) is 0 Å². The summed E-state index contributed by atoms with van der Waals surface area (Å²) < 4.78 is 5.34. The molecule has 4 heteroatoms. The monoisotopic (exact) mass is 279 g/mol. The van der Waals surface area contributed by atoms with Crippen LogP contribution >= 0.6 is 9.24 Å². The Bertz CT molecular complexity index is 413. The highest BCUT2D eigenvalue weighted by molar-refractivity contribution is 7.27. The first-order valence-electron chi connectivity index (χ1n) is 6.84. The van der Waals surface area contributed by atoms with Crippen molar-refractivity contribution in [3.63, 3.8) is 0 Å². The van der Waals surface area contributed by atoms with Crippen molar-refractivity contribution in [2.75, 3.05) is 19.8 Å². The highest BCUT2D eigenvalue weighted by atomic mass is 31.0. The fraction of sp³-hybridized carbons (Fsp3) is 0.533. The molecule has 1 saturated heterocycles. The maximum absolute atomic E-state index is 11.8. The van der Waals surface area contributed by atoms with Crippen LogP contribution in [0.4, 0.5) is 0 Å². The molecule has 0 bridgehead atoms. The number of rotatable bonds is 5. The van der Waals surface area contributed by atoms with Crippen LogP contribution in [0.1, 0.15) is 31.2 Å². The fourth-order valence-electron chi connectivity index (χ4n) is 2.41. The fourth-order valence-corrected chi connectivity index (χ4v) is 2.60. The van der Waals surface area contributed by atoms with E-state index < -0.39 is 0 Å². The van der Waals surface area contributed by atoms with E-state index in [0.29, 0.717) is 6.04 Å². The van der Waals surface area contributed by atoms with Crippen LogP contribution in [0.3, 0.4) is 0 Å². The lowest BCUT2D eigenvalue weighted by Gasteiger charge is -2.25. The number of hydrogen-bond acceptors (Lipinski definition) is 3. The molecule has 19 heavy (non-hydrogen) atoms. The molecule has 2 unspecified atom stereocenters. The van der Waals surface area contributed by atoms with Crippen LogP contribution in [-0.4, -0.2) is 31.6 Å². The molecule has 1 heterocycles. The molecule has 0 spiro atoms. The van der Waals surface area contributed by atoms with Gasteiger partial charge in [-0.1, -0.05) is 24.3 Å². The summed E-state index contributed by atoms with van der Waals surface area (Å²) in [4.78, 5) is 11.8. The molecule has 104 valence electrons. The first-order valence-corrected chi connectivity index (χ1v) is 7.41. The van der Waals surface area contributed by atoms with Gasteiger partial charge in [-0.05, 0) is 30.6 Å². The van der Waals surface area contributed by atoms with E-state index in [1.165, 1.54) is 0 Å². The van der Waals surface area contributed by atoms with Gasteiger partial charge in [0.25, 0.3) is 0 Å². The third-order valence-electron chi connectivity index (χ3n) is 3.66. The van der Waals surface area contributed by atoms with Gasteiger partial charge in [0.1, 0.15) is 5.78 Å². The molecule has 1 N–H and O–H groups in total. The number of carbonyl (C=O) groups is 1. The van der Waals surface area contributed by atoms with Gasteiger partial charge >= 0.3 is 0 Å². The minimum absolute atomic E-state index is 0.0477. The smallest absolute Gasteiger partial charge is 0.138 e. The molecule has 3 nitrogen and oxygen atoms in total. The number of Topliss-reactive ketones (excluding diaryl/α,β-unsaturated/α-hetero) is 1. The van der Waals surface area contributed by atoms with Crippen LogP contribution in [0, 0.1) is 0 Å². The summed E-state index contributed by atoms with van der Waals surface area (Å²) in [6.45, 7) is 4.04. The van der Waals surface area contributed by atoms with Crippen molar-refractivity contribution < 1.29 is 9.53 Å². The predicted octanol–water partition coefficient (Wildman–Crippen LogP) is 1.63. The van der Waals surface area contributed by atoms with E-state index >= 15 is 0 Å². The van der Waals surface area contributed by atoms with Gasteiger partial charge in [-0.15, -0.1) is 9.24 Å².